The lowest BCUT2D eigenvalue weighted by atomic mass is 10.1. The van der Waals surface area contributed by atoms with Gasteiger partial charge < -0.3 is 9.72 Å². The fourth-order valence-electron chi connectivity index (χ4n) is 4.14. The molecule has 146 valence electrons. The highest BCUT2D eigenvalue weighted by Crippen LogP contribution is 2.28. The van der Waals surface area contributed by atoms with E-state index >= 15 is 0 Å². The van der Waals surface area contributed by atoms with Gasteiger partial charge in [-0.2, -0.15) is 0 Å². The molecule has 1 aliphatic heterocycles. The second-order valence-electron chi connectivity index (χ2n) is 7.66. The number of benzene rings is 2. The van der Waals surface area contributed by atoms with Gasteiger partial charge >= 0.3 is 0 Å². The Morgan fingerprint density at radius 2 is 1.52 bits per heavy atom. The largest absolute Gasteiger partial charge is 0.315 e. The lowest BCUT2D eigenvalue weighted by molar-refractivity contribution is 0.281. The number of aromatic nitrogens is 2. The number of hydrogen-bond donors (Lipinski definition) is 1. The van der Waals surface area contributed by atoms with Crippen LogP contribution in [0.25, 0.3) is 28.0 Å². The normalized spacial score (nSPS) is 15.4. The SMILES string of the molecule is c1ccc(-c2ccc3nc(-c4ccccc4)c(CN4CCCNCC4)n3c2)cc1. The summed E-state index contributed by atoms with van der Waals surface area (Å²) in [5, 5.41) is 3.51. The summed E-state index contributed by atoms with van der Waals surface area (Å²) in [6.07, 6.45) is 3.43. The first kappa shape index (κ1) is 18.1. The van der Waals surface area contributed by atoms with E-state index in [2.05, 4.69) is 93.6 Å². The zero-order chi connectivity index (χ0) is 19.5. The van der Waals surface area contributed by atoms with Crippen LogP contribution >= 0.6 is 0 Å². The van der Waals surface area contributed by atoms with E-state index in [1.54, 1.807) is 0 Å². The van der Waals surface area contributed by atoms with Gasteiger partial charge in [-0.25, -0.2) is 4.98 Å². The van der Waals surface area contributed by atoms with Crippen molar-refractivity contribution < 1.29 is 0 Å². The molecule has 0 unspecified atom stereocenters. The highest BCUT2D eigenvalue weighted by Gasteiger charge is 2.18. The first-order valence-corrected chi connectivity index (χ1v) is 10.4. The van der Waals surface area contributed by atoms with Gasteiger partial charge in [0.1, 0.15) is 5.65 Å². The number of rotatable bonds is 4. The van der Waals surface area contributed by atoms with Gasteiger partial charge in [0.05, 0.1) is 11.4 Å². The Morgan fingerprint density at radius 1 is 0.759 bits per heavy atom. The van der Waals surface area contributed by atoms with Crippen molar-refractivity contribution in [3.8, 4) is 22.4 Å². The van der Waals surface area contributed by atoms with Gasteiger partial charge in [-0.1, -0.05) is 60.7 Å². The molecule has 1 N–H and O–H groups in total. The Kier molecular flexibility index (Phi) is 5.11. The Morgan fingerprint density at radius 3 is 2.31 bits per heavy atom. The van der Waals surface area contributed by atoms with Crippen molar-refractivity contribution in [2.24, 2.45) is 0 Å². The Labute approximate surface area is 171 Å². The summed E-state index contributed by atoms with van der Waals surface area (Å²) in [6.45, 7) is 5.25. The fraction of sp³-hybridized carbons (Fsp3) is 0.240. The molecule has 4 aromatic rings. The molecular formula is C25H26N4. The number of pyridine rings is 1. The van der Waals surface area contributed by atoms with Gasteiger partial charge in [0.25, 0.3) is 0 Å². The van der Waals surface area contributed by atoms with Crippen LogP contribution in [0.1, 0.15) is 12.1 Å². The Bertz CT molecular complexity index is 1080. The lowest BCUT2D eigenvalue weighted by Gasteiger charge is -2.20. The molecule has 3 heterocycles. The summed E-state index contributed by atoms with van der Waals surface area (Å²) in [6, 6.07) is 25.4. The number of nitrogens with zero attached hydrogens (tertiary/aromatic N) is 3. The van der Waals surface area contributed by atoms with Crippen LogP contribution in [0.15, 0.2) is 79.0 Å². The van der Waals surface area contributed by atoms with Crippen molar-refractivity contribution >= 4 is 5.65 Å². The van der Waals surface area contributed by atoms with Crippen LogP contribution in [-0.2, 0) is 6.54 Å². The van der Waals surface area contributed by atoms with Crippen LogP contribution in [0.2, 0.25) is 0 Å². The molecule has 1 fully saturated rings. The van der Waals surface area contributed by atoms with E-state index in [9.17, 15) is 0 Å². The third kappa shape index (κ3) is 3.82. The minimum atomic E-state index is 0.908. The van der Waals surface area contributed by atoms with Crippen molar-refractivity contribution in [3.63, 3.8) is 0 Å². The van der Waals surface area contributed by atoms with Crippen molar-refractivity contribution in [1.82, 2.24) is 19.6 Å². The number of imidazole rings is 1. The molecule has 0 atom stereocenters. The molecule has 5 rings (SSSR count). The Balaban J connectivity index is 1.62. The maximum atomic E-state index is 5.03. The standard InChI is InChI=1S/C25H26N4/c1-3-8-20(9-4-1)22-12-13-24-27-25(21-10-5-2-6-11-21)23(29(24)18-22)19-28-16-7-14-26-15-17-28/h1-6,8-13,18,26H,7,14-17,19H2. The third-order valence-electron chi connectivity index (χ3n) is 5.68. The first-order chi connectivity index (χ1) is 14.4. The van der Waals surface area contributed by atoms with Crippen LogP contribution in [-0.4, -0.2) is 40.5 Å². The monoisotopic (exact) mass is 382 g/mol. The average molecular weight is 383 g/mol. The second kappa shape index (κ2) is 8.19. The first-order valence-electron chi connectivity index (χ1n) is 10.4. The predicted molar refractivity (Wildman–Crippen MR) is 119 cm³/mol. The molecule has 29 heavy (non-hydrogen) atoms. The van der Waals surface area contributed by atoms with Gasteiger partial charge in [-0.3, -0.25) is 4.90 Å². The molecule has 0 bridgehead atoms. The van der Waals surface area contributed by atoms with Crippen molar-refractivity contribution in [2.45, 2.75) is 13.0 Å². The summed E-state index contributed by atoms with van der Waals surface area (Å²) >= 11 is 0. The van der Waals surface area contributed by atoms with Gasteiger partial charge in [-0.15, -0.1) is 0 Å². The molecule has 4 heteroatoms. The minimum Gasteiger partial charge on any atom is -0.315 e. The number of nitrogens with one attached hydrogen (secondary N) is 1. The van der Waals surface area contributed by atoms with Crippen LogP contribution in [0, 0.1) is 0 Å². The van der Waals surface area contributed by atoms with Crippen molar-refractivity contribution in [1.29, 1.82) is 0 Å². The zero-order valence-corrected chi connectivity index (χ0v) is 16.6. The van der Waals surface area contributed by atoms with Crippen molar-refractivity contribution in [2.75, 3.05) is 26.2 Å². The lowest BCUT2D eigenvalue weighted by Crippen LogP contribution is -2.28. The third-order valence-corrected chi connectivity index (χ3v) is 5.68. The highest BCUT2D eigenvalue weighted by molar-refractivity contribution is 5.70. The molecule has 2 aromatic carbocycles. The molecule has 1 saturated heterocycles. The molecule has 0 radical (unpaired) electrons. The summed E-state index contributed by atoms with van der Waals surface area (Å²) < 4.78 is 2.29. The second-order valence-corrected chi connectivity index (χ2v) is 7.66. The summed E-state index contributed by atoms with van der Waals surface area (Å²) in [4.78, 5) is 7.57. The molecule has 0 spiro atoms. The molecule has 4 nitrogen and oxygen atoms in total. The van der Waals surface area contributed by atoms with E-state index in [0.29, 0.717) is 0 Å². The van der Waals surface area contributed by atoms with E-state index in [1.165, 1.54) is 28.8 Å². The minimum absolute atomic E-state index is 0.908. The summed E-state index contributed by atoms with van der Waals surface area (Å²) in [5.41, 5.74) is 6.99. The topological polar surface area (TPSA) is 32.6 Å². The zero-order valence-electron chi connectivity index (χ0n) is 16.6. The van der Waals surface area contributed by atoms with Gasteiger partial charge in [0.2, 0.25) is 0 Å². The maximum absolute atomic E-state index is 5.03. The van der Waals surface area contributed by atoms with E-state index in [-0.39, 0.29) is 0 Å². The van der Waals surface area contributed by atoms with Gasteiger partial charge in [0, 0.05) is 31.4 Å². The van der Waals surface area contributed by atoms with Crippen LogP contribution in [0.4, 0.5) is 0 Å². The predicted octanol–water partition coefficient (Wildman–Crippen LogP) is 4.46. The molecule has 0 aliphatic carbocycles. The molecule has 2 aromatic heterocycles. The maximum Gasteiger partial charge on any atom is 0.137 e. The number of fused-ring (bicyclic) bond motifs is 1. The molecule has 0 saturated carbocycles. The molecule has 0 amide bonds. The van der Waals surface area contributed by atoms with E-state index in [4.69, 9.17) is 4.98 Å². The Hall–Kier alpha value is -2.95. The quantitative estimate of drug-likeness (QED) is 0.565. The van der Waals surface area contributed by atoms with Gasteiger partial charge in [0.15, 0.2) is 0 Å². The van der Waals surface area contributed by atoms with E-state index in [1.807, 2.05) is 0 Å². The van der Waals surface area contributed by atoms with Crippen LogP contribution in [0.3, 0.4) is 0 Å². The molecular weight excluding hydrogens is 356 g/mol. The van der Waals surface area contributed by atoms with Crippen LogP contribution in [0.5, 0.6) is 0 Å². The number of hydrogen-bond acceptors (Lipinski definition) is 3. The highest BCUT2D eigenvalue weighted by atomic mass is 15.2. The smallest absolute Gasteiger partial charge is 0.137 e. The van der Waals surface area contributed by atoms with E-state index < -0.39 is 0 Å². The summed E-state index contributed by atoms with van der Waals surface area (Å²) in [7, 11) is 0. The average Bonchev–Trinajstić information content (AvgIpc) is 2.94. The summed E-state index contributed by atoms with van der Waals surface area (Å²) in [5.74, 6) is 0. The van der Waals surface area contributed by atoms with Gasteiger partial charge in [-0.05, 0) is 42.8 Å². The van der Waals surface area contributed by atoms with E-state index in [0.717, 1.165) is 44.1 Å². The van der Waals surface area contributed by atoms with Crippen LogP contribution < -0.4 is 5.32 Å². The van der Waals surface area contributed by atoms with Crippen molar-refractivity contribution in [3.05, 3.63) is 84.7 Å². The fourth-order valence-corrected chi connectivity index (χ4v) is 4.14. The molecule has 1 aliphatic rings.